The number of hydrogen-bond acceptors (Lipinski definition) is 15. The molecule has 6 unspecified atom stereocenters. The SMILES string of the molecule is CC(=O)C(N)CCCCNC(=O)C(CCCCNC(=O)CSCC(CC(=O)C1CSCC(=O)C1)C(N)=O)NC(=O)CSCC(CC(=O)C1CSCC(=O)C1)C(N)=O. The highest BCUT2D eigenvalue weighted by molar-refractivity contribution is 8.00. The predicted octanol–water partition coefficient (Wildman–Crippen LogP) is 0.193. The number of primary amides is 2. The minimum absolute atomic E-state index is 0.00477. The first-order valence-electron chi connectivity index (χ1n) is 19.2. The quantitative estimate of drug-likeness (QED) is 0.0548. The lowest BCUT2D eigenvalue weighted by atomic mass is 9.92. The maximum atomic E-state index is 13.1. The van der Waals surface area contributed by atoms with E-state index in [1.165, 1.54) is 42.2 Å². The zero-order chi connectivity index (χ0) is 42.3. The number of nitrogens with two attached hydrogens (primary N) is 3. The molecule has 2 aliphatic heterocycles. The first kappa shape index (κ1) is 50.2. The second-order valence-corrected chi connectivity index (χ2v) is 18.6. The Morgan fingerprint density at radius 3 is 1.65 bits per heavy atom. The fraction of sp³-hybridized carbons (Fsp3) is 0.730. The minimum Gasteiger partial charge on any atom is -0.369 e. The van der Waals surface area contributed by atoms with E-state index in [4.69, 9.17) is 17.2 Å². The smallest absolute Gasteiger partial charge is 0.242 e. The molecule has 9 N–H and O–H groups in total. The number of ketones is 5. The Kier molecular flexibility index (Phi) is 24.4. The van der Waals surface area contributed by atoms with Gasteiger partial charge in [0.2, 0.25) is 29.5 Å². The van der Waals surface area contributed by atoms with E-state index in [9.17, 15) is 47.9 Å². The van der Waals surface area contributed by atoms with Crippen molar-refractivity contribution >= 4 is 105 Å². The van der Waals surface area contributed by atoms with Gasteiger partial charge >= 0.3 is 0 Å². The first-order chi connectivity index (χ1) is 27.1. The van der Waals surface area contributed by atoms with Crippen LogP contribution < -0.4 is 33.2 Å². The molecular formula is C37H58N6O10S4. The lowest BCUT2D eigenvalue weighted by molar-refractivity contribution is -0.130. The van der Waals surface area contributed by atoms with E-state index >= 15 is 0 Å². The fourth-order valence-electron chi connectivity index (χ4n) is 6.00. The average molecular weight is 875 g/mol. The lowest BCUT2D eigenvalue weighted by Gasteiger charge is -2.21. The fourth-order valence-corrected chi connectivity index (χ4v) is 10.0. The summed E-state index contributed by atoms with van der Waals surface area (Å²) in [4.78, 5) is 123. The summed E-state index contributed by atoms with van der Waals surface area (Å²) in [6, 6.07) is -1.45. The van der Waals surface area contributed by atoms with Crippen LogP contribution in [0.4, 0.5) is 0 Å². The van der Waals surface area contributed by atoms with E-state index in [0.29, 0.717) is 68.2 Å². The summed E-state index contributed by atoms with van der Waals surface area (Å²) in [5.41, 5.74) is 16.8. The van der Waals surface area contributed by atoms with Crippen molar-refractivity contribution in [1.29, 1.82) is 0 Å². The van der Waals surface area contributed by atoms with E-state index in [-0.39, 0.29) is 89.9 Å². The maximum absolute atomic E-state index is 13.1. The third-order valence-electron chi connectivity index (χ3n) is 9.48. The van der Waals surface area contributed by atoms with Crippen molar-refractivity contribution in [2.24, 2.45) is 40.9 Å². The number of carbonyl (C=O) groups excluding carboxylic acids is 10. The van der Waals surface area contributed by atoms with E-state index in [0.717, 1.165) is 11.8 Å². The summed E-state index contributed by atoms with van der Waals surface area (Å²) >= 11 is 5.08. The van der Waals surface area contributed by atoms with Crippen LogP contribution in [0.25, 0.3) is 0 Å². The molecule has 0 aromatic carbocycles. The van der Waals surface area contributed by atoms with Gasteiger partial charge in [0, 0.05) is 73.6 Å². The van der Waals surface area contributed by atoms with Crippen LogP contribution in [0.1, 0.15) is 71.1 Å². The van der Waals surface area contributed by atoms with Gasteiger partial charge in [0.05, 0.1) is 40.9 Å². The molecule has 0 bridgehead atoms. The molecule has 2 saturated heterocycles. The number of unbranched alkanes of at least 4 members (excludes halogenated alkanes) is 2. The molecule has 2 fully saturated rings. The molecule has 0 spiro atoms. The van der Waals surface area contributed by atoms with Crippen molar-refractivity contribution in [3.05, 3.63) is 0 Å². The molecule has 2 rings (SSSR count). The molecule has 6 atom stereocenters. The van der Waals surface area contributed by atoms with Gasteiger partial charge in [-0.05, 0) is 45.4 Å². The van der Waals surface area contributed by atoms with Crippen molar-refractivity contribution in [2.45, 2.75) is 83.2 Å². The Hall–Kier alpha value is -2.94. The third-order valence-corrected chi connectivity index (χ3v) is 14.0. The number of carbonyl (C=O) groups is 10. The van der Waals surface area contributed by atoms with Crippen LogP contribution in [-0.2, 0) is 47.9 Å². The van der Waals surface area contributed by atoms with E-state index in [2.05, 4.69) is 16.0 Å². The van der Waals surface area contributed by atoms with Gasteiger partial charge in [-0.2, -0.15) is 47.0 Å². The number of amides is 5. The normalized spacial score (nSPS) is 19.1. The molecule has 2 heterocycles. The van der Waals surface area contributed by atoms with Crippen molar-refractivity contribution in [3.63, 3.8) is 0 Å². The van der Waals surface area contributed by atoms with Crippen LogP contribution in [-0.4, -0.2) is 130 Å². The van der Waals surface area contributed by atoms with Crippen molar-refractivity contribution in [2.75, 3.05) is 59.1 Å². The van der Waals surface area contributed by atoms with Gasteiger partial charge in [0.1, 0.15) is 35.0 Å². The molecule has 0 aromatic heterocycles. The maximum Gasteiger partial charge on any atom is 0.242 e. The second-order valence-electron chi connectivity index (χ2n) is 14.4. The average Bonchev–Trinajstić information content (AvgIpc) is 3.15. The highest BCUT2D eigenvalue weighted by atomic mass is 32.2. The summed E-state index contributed by atoms with van der Waals surface area (Å²) in [7, 11) is 0. The second kappa shape index (κ2) is 27.7. The van der Waals surface area contributed by atoms with Gasteiger partial charge in [0.25, 0.3) is 0 Å². The Morgan fingerprint density at radius 1 is 0.702 bits per heavy atom. The summed E-state index contributed by atoms with van der Waals surface area (Å²) in [6.45, 7) is 2.02. The van der Waals surface area contributed by atoms with Gasteiger partial charge in [0.15, 0.2) is 0 Å². The predicted molar refractivity (Wildman–Crippen MR) is 224 cm³/mol. The Morgan fingerprint density at radius 2 is 1.18 bits per heavy atom. The molecule has 16 nitrogen and oxygen atoms in total. The first-order valence-corrected chi connectivity index (χ1v) is 23.8. The Bertz CT molecular complexity index is 1450. The summed E-state index contributed by atoms with van der Waals surface area (Å²) < 4.78 is 0. The van der Waals surface area contributed by atoms with Gasteiger partial charge in [-0.25, -0.2) is 0 Å². The highest BCUT2D eigenvalue weighted by Gasteiger charge is 2.31. The highest BCUT2D eigenvalue weighted by Crippen LogP contribution is 2.26. The number of rotatable bonds is 29. The van der Waals surface area contributed by atoms with Gasteiger partial charge < -0.3 is 33.2 Å². The largest absolute Gasteiger partial charge is 0.369 e. The summed E-state index contributed by atoms with van der Waals surface area (Å²) in [5.74, 6) is -3.30. The number of hydrogen-bond donors (Lipinski definition) is 6. The zero-order valence-corrected chi connectivity index (χ0v) is 35.8. The van der Waals surface area contributed by atoms with E-state index in [1.54, 1.807) is 0 Å². The summed E-state index contributed by atoms with van der Waals surface area (Å²) in [5, 5.41) is 8.35. The number of Topliss-reactive ketones (excluding diaryl/α,β-unsaturated/α-hetero) is 5. The Balaban J connectivity index is 1.81. The van der Waals surface area contributed by atoms with Crippen LogP contribution in [0.3, 0.4) is 0 Å². The lowest BCUT2D eigenvalue weighted by Crippen LogP contribution is -2.47. The minimum atomic E-state index is -0.891. The molecule has 5 amide bonds. The molecule has 0 aromatic rings. The molecule has 20 heteroatoms. The monoisotopic (exact) mass is 874 g/mol. The Labute approximate surface area is 351 Å². The van der Waals surface area contributed by atoms with E-state index < -0.39 is 59.4 Å². The topological polar surface area (TPSA) is 285 Å². The van der Waals surface area contributed by atoms with Crippen LogP contribution in [0, 0.1) is 23.7 Å². The number of thioether (sulfide) groups is 4. The van der Waals surface area contributed by atoms with Gasteiger partial charge in [-0.3, -0.25) is 47.9 Å². The van der Waals surface area contributed by atoms with Gasteiger partial charge in [-0.1, -0.05) is 0 Å². The molecule has 0 aliphatic carbocycles. The zero-order valence-electron chi connectivity index (χ0n) is 32.6. The molecule has 0 radical (unpaired) electrons. The van der Waals surface area contributed by atoms with Crippen LogP contribution >= 0.6 is 47.0 Å². The third kappa shape index (κ3) is 21.1. The van der Waals surface area contributed by atoms with E-state index in [1.807, 2.05) is 0 Å². The van der Waals surface area contributed by atoms with Crippen LogP contribution in [0.15, 0.2) is 0 Å². The molecule has 0 saturated carbocycles. The van der Waals surface area contributed by atoms with Crippen LogP contribution in [0.5, 0.6) is 0 Å². The van der Waals surface area contributed by atoms with Crippen LogP contribution in [0.2, 0.25) is 0 Å². The molecule has 57 heavy (non-hydrogen) atoms. The van der Waals surface area contributed by atoms with Crippen molar-refractivity contribution < 1.29 is 47.9 Å². The van der Waals surface area contributed by atoms with Gasteiger partial charge in [-0.15, -0.1) is 0 Å². The standard InChI is InChI=1S/C37H58N6O10S4/c1-22(44)29(38)6-2-4-9-42-37(53)30(43-34(50)21-57-17-26(36(40)52)13-32(48)24-11-28(46)19-55-15-24)7-3-5-8-41-33(49)20-56-16-25(35(39)51)12-31(47)23-10-27(45)18-54-14-23/h23-26,29-30H,2-21,38H2,1H3,(H2,39,51)(H2,40,52)(H,41,49)(H,42,53)(H,43,50). The van der Waals surface area contributed by atoms with Crippen molar-refractivity contribution in [1.82, 2.24) is 16.0 Å². The summed E-state index contributed by atoms with van der Waals surface area (Å²) in [6.07, 6.45) is 3.05. The van der Waals surface area contributed by atoms with Crippen molar-refractivity contribution in [3.8, 4) is 0 Å². The molecule has 320 valence electrons. The number of nitrogens with one attached hydrogen (secondary N) is 3. The molecular weight excluding hydrogens is 817 g/mol. The molecule has 2 aliphatic rings.